The SMILES string of the molecule is CC1=CC(C)C(C2=CC3C4=CC(C)CC5C6=CC(C7C(C)=CC(C)CC7C)=CC7c8cc(C9C(C)=CC(C)=CC9C)cc9c8C8C(C(=C%10C3C(C2)C2CC(C3C(C)C=C(C)CC3C)CC3C2C%10C8C2=C9C=C(C)C8C2C38)C45)C67)C(C)=C1. The average molecular weight is 1070 g/mol. The lowest BCUT2D eigenvalue weighted by molar-refractivity contribution is -0.0785. The first-order valence-corrected chi connectivity index (χ1v) is 34.2. The fraction of sp³-hybridized carbons (Fsp3) is 0.605. The highest BCUT2D eigenvalue weighted by atomic mass is 14.8. The molecule has 29 unspecified atom stereocenters. The Morgan fingerprint density at radius 2 is 1.14 bits per heavy atom. The number of benzene rings is 1. The summed E-state index contributed by atoms with van der Waals surface area (Å²) in [6.07, 6.45) is 39.2. The average Bonchev–Trinajstić information content (AvgIpc) is 1.71. The van der Waals surface area contributed by atoms with Crippen LogP contribution in [-0.4, -0.2) is 0 Å². The third kappa shape index (κ3) is 6.42. The van der Waals surface area contributed by atoms with Crippen molar-refractivity contribution in [3.63, 3.8) is 0 Å². The van der Waals surface area contributed by atoms with E-state index >= 15 is 0 Å². The number of rotatable bonds is 4. The molecule has 0 amide bonds. The zero-order chi connectivity index (χ0) is 55.1. The number of fused-ring (bicyclic) bond motifs is 7. The number of hydrogen-bond donors (Lipinski definition) is 0. The van der Waals surface area contributed by atoms with Crippen LogP contribution in [0.3, 0.4) is 0 Å². The van der Waals surface area contributed by atoms with Crippen LogP contribution in [0.25, 0.3) is 5.57 Å². The van der Waals surface area contributed by atoms with Crippen molar-refractivity contribution in [3.8, 4) is 0 Å². The van der Waals surface area contributed by atoms with Crippen LogP contribution in [0.4, 0.5) is 0 Å². The topological polar surface area (TPSA) is 0 Å². The molecule has 17 aliphatic rings. The molecule has 1 aromatic rings. The third-order valence-electron chi connectivity index (χ3n) is 28.4. The second kappa shape index (κ2) is 16.8. The van der Waals surface area contributed by atoms with Gasteiger partial charge in [-0.05, 0) is 257 Å². The second-order valence-corrected chi connectivity index (χ2v) is 33.1. The van der Waals surface area contributed by atoms with Gasteiger partial charge in [0.15, 0.2) is 0 Å². The van der Waals surface area contributed by atoms with Crippen LogP contribution >= 0.6 is 0 Å². The first-order valence-electron chi connectivity index (χ1n) is 34.2. The van der Waals surface area contributed by atoms with Gasteiger partial charge in [-0.1, -0.05) is 200 Å². The largest absolute Gasteiger partial charge is 0.0825 e. The van der Waals surface area contributed by atoms with E-state index < -0.39 is 0 Å². The molecular weight excluding hydrogens is 973 g/mol. The molecule has 18 rings (SSSR count). The Morgan fingerprint density at radius 3 is 1.88 bits per heavy atom. The summed E-state index contributed by atoms with van der Waals surface area (Å²) < 4.78 is 0. The Bertz CT molecular complexity index is 3520. The van der Waals surface area contributed by atoms with Gasteiger partial charge in [0, 0.05) is 35.5 Å². The molecular formula is C81H96. The monoisotopic (exact) mass is 1070 g/mol. The van der Waals surface area contributed by atoms with Crippen LogP contribution in [0.2, 0.25) is 0 Å². The first kappa shape index (κ1) is 50.2. The van der Waals surface area contributed by atoms with Crippen molar-refractivity contribution >= 4 is 5.57 Å². The Morgan fingerprint density at radius 1 is 0.420 bits per heavy atom. The second-order valence-electron chi connectivity index (χ2n) is 33.1. The summed E-state index contributed by atoms with van der Waals surface area (Å²) in [5.74, 6) is 19.0. The van der Waals surface area contributed by atoms with Gasteiger partial charge in [0.25, 0.3) is 0 Å². The first-order chi connectivity index (χ1) is 38.9. The molecule has 0 nitrogen and oxygen atoms in total. The van der Waals surface area contributed by atoms with Crippen LogP contribution in [-0.2, 0) is 0 Å². The van der Waals surface area contributed by atoms with Crippen LogP contribution in [0.5, 0.6) is 0 Å². The fourth-order valence-corrected chi connectivity index (χ4v) is 27.6. The molecule has 0 saturated heterocycles. The van der Waals surface area contributed by atoms with E-state index in [0.29, 0.717) is 112 Å². The van der Waals surface area contributed by atoms with Gasteiger partial charge in [0.1, 0.15) is 0 Å². The van der Waals surface area contributed by atoms with Crippen molar-refractivity contribution in [3.05, 3.63) is 179 Å². The van der Waals surface area contributed by atoms with Gasteiger partial charge in [-0.25, -0.2) is 0 Å². The molecule has 420 valence electrons. The summed E-state index contributed by atoms with van der Waals surface area (Å²) in [5.41, 5.74) is 33.7. The molecule has 29 atom stereocenters. The minimum Gasteiger partial charge on any atom is -0.0825 e. The Kier molecular flexibility index (Phi) is 10.4. The Hall–Kier alpha value is -4.16. The molecule has 17 aliphatic carbocycles. The predicted octanol–water partition coefficient (Wildman–Crippen LogP) is 20.0. The summed E-state index contributed by atoms with van der Waals surface area (Å²) in [7, 11) is 0. The number of hydrogen-bond acceptors (Lipinski definition) is 0. The van der Waals surface area contributed by atoms with Gasteiger partial charge in [0.2, 0.25) is 0 Å². The van der Waals surface area contributed by atoms with Crippen molar-refractivity contribution in [2.45, 2.75) is 153 Å². The lowest BCUT2D eigenvalue weighted by Gasteiger charge is -2.71. The smallest absolute Gasteiger partial charge is 0.0109 e. The maximum Gasteiger partial charge on any atom is 0.0109 e. The zero-order valence-electron chi connectivity index (χ0n) is 52.0. The van der Waals surface area contributed by atoms with E-state index in [-0.39, 0.29) is 0 Å². The van der Waals surface area contributed by atoms with Crippen LogP contribution in [0.15, 0.2) is 157 Å². The van der Waals surface area contributed by atoms with Gasteiger partial charge >= 0.3 is 0 Å². The minimum atomic E-state index is 0.422. The lowest BCUT2D eigenvalue weighted by Crippen LogP contribution is -2.63. The minimum absolute atomic E-state index is 0.422. The van der Waals surface area contributed by atoms with Crippen molar-refractivity contribution in [1.29, 1.82) is 0 Å². The fourth-order valence-electron chi connectivity index (χ4n) is 27.6. The molecule has 0 aliphatic heterocycles. The lowest BCUT2D eigenvalue weighted by atomic mass is 9.33. The molecule has 0 N–H and O–H groups in total. The van der Waals surface area contributed by atoms with Crippen LogP contribution in [0, 0.1) is 154 Å². The summed E-state index contributed by atoms with van der Waals surface area (Å²) in [6, 6.07) is 5.84. The van der Waals surface area contributed by atoms with E-state index in [1.54, 1.807) is 55.7 Å². The van der Waals surface area contributed by atoms with Gasteiger partial charge in [0.05, 0.1) is 0 Å². The Balaban J connectivity index is 0.935. The molecule has 5 saturated carbocycles. The van der Waals surface area contributed by atoms with E-state index in [4.69, 9.17) is 0 Å². The van der Waals surface area contributed by atoms with Crippen molar-refractivity contribution in [2.24, 2.45) is 154 Å². The van der Waals surface area contributed by atoms with E-state index in [9.17, 15) is 0 Å². The third-order valence-corrected chi connectivity index (χ3v) is 28.4. The van der Waals surface area contributed by atoms with Crippen LogP contribution in [0.1, 0.15) is 175 Å². The molecule has 1 aromatic carbocycles. The molecule has 81 heavy (non-hydrogen) atoms. The van der Waals surface area contributed by atoms with Crippen LogP contribution < -0.4 is 0 Å². The standard InChI is InChI=1S/C81H96/c1-34-15-39(6)63(40(7)16-34)48-26-55-52-23-38(5)24-53-56-27-49(64-41(8)17-35(2)18-42(64)9)31-60-61-32-51(66-45(12)21-37(4)22-46(66)13)33-62-72(61)80-78(70(56)60)76(68(52)53)77-69(55)58(29-48)59-30-50(65-43(10)19-36(3)20-44(65)11)28-57-54-25-47(14)67-74(62)75(67)73(54)81(80)79(77)71(57)59/h15,17-21,24-30,34,38,40-41,43,45-46,51-52,56,58,60-70,72,74-75,77,79-81H,16,22-23,31-33H2,1-14H3. The molecule has 0 bridgehead atoms. The summed E-state index contributed by atoms with van der Waals surface area (Å²) in [6.45, 7) is 35.6. The molecule has 5 fully saturated rings. The molecule has 0 heterocycles. The van der Waals surface area contributed by atoms with Gasteiger partial charge in [-0.2, -0.15) is 0 Å². The highest BCUT2D eigenvalue weighted by molar-refractivity contribution is 5.87. The molecule has 0 heteroatoms. The van der Waals surface area contributed by atoms with Crippen molar-refractivity contribution in [2.75, 3.05) is 0 Å². The van der Waals surface area contributed by atoms with Crippen molar-refractivity contribution in [1.82, 2.24) is 0 Å². The number of allylic oxidation sites excluding steroid dienone is 26. The normalized spacial score (nSPS) is 50.9. The van der Waals surface area contributed by atoms with Gasteiger partial charge in [-0.15, -0.1) is 0 Å². The van der Waals surface area contributed by atoms with E-state index in [2.05, 4.69) is 187 Å². The predicted molar refractivity (Wildman–Crippen MR) is 335 cm³/mol. The molecule has 0 radical (unpaired) electrons. The highest BCUT2D eigenvalue weighted by Gasteiger charge is 2.75. The van der Waals surface area contributed by atoms with Gasteiger partial charge in [-0.3, -0.25) is 0 Å². The van der Waals surface area contributed by atoms with E-state index in [1.807, 2.05) is 27.9 Å². The maximum absolute atomic E-state index is 3.09. The quantitative estimate of drug-likeness (QED) is 0.264. The summed E-state index contributed by atoms with van der Waals surface area (Å²) >= 11 is 0. The maximum atomic E-state index is 3.09. The Labute approximate surface area is 489 Å². The zero-order valence-corrected chi connectivity index (χ0v) is 52.0. The highest BCUT2D eigenvalue weighted by Crippen LogP contribution is 2.84. The summed E-state index contributed by atoms with van der Waals surface area (Å²) in [4.78, 5) is 0. The van der Waals surface area contributed by atoms with Gasteiger partial charge < -0.3 is 0 Å². The summed E-state index contributed by atoms with van der Waals surface area (Å²) in [5, 5.41) is 0. The van der Waals surface area contributed by atoms with E-state index in [0.717, 1.165) is 59.2 Å². The molecule has 0 aromatic heterocycles. The molecule has 0 spiro atoms. The van der Waals surface area contributed by atoms with E-state index in [1.165, 1.54) is 49.7 Å². The van der Waals surface area contributed by atoms with Crippen molar-refractivity contribution < 1.29 is 0 Å².